The molecule has 0 saturated carbocycles. The number of ether oxygens (including phenoxy) is 2. The van der Waals surface area contributed by atoms with Crippen LogP contribution in [0.1, 0.15) is 48.9 Å². The Balaban J connectivity index is 2.44. The Morgan fingerprint density at radius 1 is 0.926 bits per heavy atom. The number of aliphatic hydroxyl groups excluding tert-OH is 1. The number of carbonyl (C=O) groups excluding carboxylic acids is 1. The van der Waals surface area contributed by atoms with Gasteiger partial charge in [0.15, 0.2) is 6.29 Å². The third-order valence-electron chi connectivity index (χ3n) is 5.32. The molecule has 146 valence electrons. The van der Waals surface area contributed by atoms with E-state index < -0.39 is 0 Å². The molecule has 1 N–H and O–H groups in total. The minimum absolute atomic E-state index is 0.00679. The van der Waals surface area contributed by atoms with Gasteiger partial charge in [-0.25, -0.2) is 0 Å². The van der Waals surface area contributed by atoms with Gasteiger partial charge in [0.2, 0.25) is 0 Å². The molecule has 0 aliphatic rings. The molecule has 2 aromatic carbocycles. The number of hydrogen-bond donors (Lipinski definition) is 1. The van der Waals surface area contributed by atoms with Crippen molar-refractivity contribution in [2.75, 3.05) is 19.8 Å². The van der Waals surface area contributed by atoms with Crippen LogP contribution in [-0.2, 0) is 10.2 Å². The van der Waals surface area contributed by atoms with Gasteiger partial charge >= 0.3 is 0 Å². The van der Waals surface area contributed by atoms with Gasteiger partial charge in [0.05, 0.1) is 6.61 Å². The van der Waals surface area contributed by atoms with Crippen molar-refractivity contribution in [3.05, 3.63) is 58.7 Å². The zero-order valence-electron chi connectivity index (χ0n) is 16.7. The van der Waals surface area contributed by atoms with E-state index in [9.17, 15) is 4.79 Å². The van der Waals surface area contributed by atoms with Crippen molar-refractivity contribution < 1.29 is 19.4 Å². The molecule has 4 nitrogen and oxygen atoms in total. The first-order valence-corrected chi connectivity index (χ1v) is 9.54. The van der Waals surface area contributed by atoms with Crippen LogP contribution in [0.15, 0.2) is 36.4 Å². The summed E-state index contributed by atoms with van der Waals surface area (Å²) in [5, 5.41) is 8.97. The molecular formula is C23H30O4. The molecule has 0 saturated heterocycles. The lowest BCUT2D eigenvalue weighted by Gasteiger charge is -2.34. The zero-order valence-corrected chi connectivity index (χ0v) is 16.7. The normalized spacial score (nSPS) is 11.3. The predicted octanol–water partition coefficient (Wildman–Crippen LogP) is 4.36. The Bertz CT molecular complexity index is 763. The molecule has 0 heterocycles. The Hall–Kier alpha value is -2.33. The van der Waals surface area contributed by atoms with Crippen LogP contribution in [0.5, 0.6) is 11.5 Å². The van der Waals surface area contributed by atoms with Crippen LogP contribution < -0.4 is 9.47 Å². The molecular weight excluding hydrogens is 340 g/mol. The maximum Gasteiger partial charge on any atom is 0.157 e. The Kier molecular flexibility index (Phi) is 7.43. The van der Waals surface area contributed by atoms with Crippen molar-refractivity contribution in [3.63, 3.8) is 0 Å². The summed E-state index contributed by atoms with van der Waals surface area (Å²) in [5.74, 6) is 1.55. The second kappa shape index (κ2) is 9.56. The van der Waals surface area contributed by atoms with E-state index in [1.54, 1.807) is 0 Å². The van der Waals surface area contributed by atoms with E-state index in [0.717, 1.165) is 41.8 Å². The maximum atomic E-state index is 10.6. The number of aryl methyl sites for hydroxylation is 2. The van der Waals surface area contributed by atoms with Crippen LogP contribution in [0, 0.1) is 13.8 Å². The monoisotopic (exact) mass is 370 g/mol. The van der Waals surface area contributed by atoms with Crippen molar-refractivity contribution in [1.29, 1.82) is 0 Å². The van der Waals surface area contributed by atoms with E-state index in [4.69, 9.17) is 14.6 Å². The zero-order chi connectivity index (χ0) is 19.9. The van der Waals surface area contributed by atoms with Crippen molar-refractivity contribution in [2.45, 2.75) is 46.0 Å². The summed E-state index contributed by atoms with van der Waals surface area (Å²) in [6, 6.07) is 12.5. The van der Waals surface area contributed by atoms with E-state index in [1.807, 2.05) is 26.0 Å². The molecule has 0 unspecified atom stereocenters. The smallest absolute Gasteiger partial charge is 0.157 e. The second-order valence-electron chi connectivity index (χ2n) is 6.80. The first-order chi connectivity index (χ1) is 13.0. The highest BCUT2D eigenvalue weighted by atomic mass is 16.5. The minimum Gasteiger partial charge on any atom is -0.491 e. The summed E-state index contributed by atoms with van der Waals surface area (Å²) >= 11 is 0. The Morgan fingerprint density at radius 2 is 1.44 bits per heavy atom. The standard InChI is InChI=1S/C23H30O4/c1-5-23(6-2,19-7-9-21(17(3)15-19)26-13-11-24)20-8-10-22(18(4)16-20)27-14-12-25/h7-11,15-16,25H,5-6,12-14H2,1-4H3. The quantitative estimate of drug-likeness (QED) is 0.632. The fourth-order valence-corrected chi connectivity index (χ4v) is 3.73. The molecule has 0 fully saturated rings. The number of rotatable bonds is 10. The van der Waals surface area contributed by atoms with Crippen molar-refractivity contribution in [1.82, 2.24) is 0 Å². The predicted molar refractivity (Wildman–Crippen MR) is 108 cm³/mol. The van der Waals surface area contributed by atoms with Gasteiger partial charge in [-0.2, -0.15) is 0 Å². The highest BCUT2D eigenvalue weighted by molar-refractivity contribution is 5.52. The van der Waals surface area contributed by atoms with Crippen LogP contribution in [0.2, 0.25) is 0 Å². The van der Waals surface area contributed by atoms with Crippen molar-refractivity contribution in [3.8, 4) is 11.5 Å². The molecule has 4 heteroatoms. The summed E-state index contributed by atoms with van der Waals surface area (Å²) in [4.78, 5) is 10.6. The number of aliphatic hydroxyl groups is 1. The van der Waals surface area contributed by atoms with Crippen LogP contribution >= 0.6 is 0 Å². The highest BCUT2D eigenvalue weighted by Gasteiger charge is 2.31. The van der Waals surface area contributed by atoms with Gasteiger partial charge in [-0.15, -0.1) is 0 Å². The Morgan fingerprint density at radius 3 is 1.85 bits per heavy atom. The average molecular weight is 370 g/mol. The lowest BCUT2D eigenvalue weighted by molar-refractivity contribution is -0.109. The van der Waals surface area contributed by atoms with Gasteiger partial charge in [0.25, 0.3) is 0 Å². The summed E-state index contributed by atoms with van der Waals surface area (Å²) in [6.07, 6.45) is 2.69. The highest BCUT2D eigenvalue weighted by Crippen LogP contribution is 2.41. The van der Waals surface area contributed by atoms with Crippen LogP contribution in [0.4, 0.5) is 0 Å². The summed E-state index contributed by atoms with van der Waals surface area (Å²) in [6.45, 7) is 8.84. The molecule has 0 aliphatic heterocycles. The maximum absolute atomic E-state index is 10.6. The first kappa shape index (κ1) is 21.0. The van der Waals surface area contributed by atoms with E-state index in [0.29, 0.717) is 6.61 Å². The molecule has 2 aromatic rings. The minimum atomic E-state index is -0.103. The van der Waals surface area contributed by atoms with Gasteiger partial charge in [0, 0.05) is 5.41 Å². The largest absolute Gasteiger partial charge is 0.491 e. The number of hydrogen-bond acceptors (Lipinski definition) is 4. The number of benzene rings is 2. The molecule has 0 atom stereocenters. The molecule has 0 bridgehead atoms. The van der Waals surface area contributed by atoms with E-state index in [2.05, 4.69) is 38.1 Å². The van der Waals surface area contributed by atoms with E-state index in [-0.39, 0.29) is 18.6 Å². The van der Waals surface area contributed by atoms with Gasteiger partial charge in [0.1, 0.15) is 24.7 Å². The van der Waals surface area contributed by atoms with E-state index in [1.165, 1.54) is 11.1 Å². The molecule has 0 spiro atoms. The fraction of sp³-hybridized carbons (Fsp3) is 0.435. The average Bonchev–Trinajstić information content (AvgIpc) is 2.68. The lowest BCUT2D eigenvalue weighted by Crippen LogP contribution is -2.26. The second-order valence-corrected chi connectivity index (χ2v) is 6.80. The third kappa shape index (κ3) is 4.51. The summed E-state index contributed by atoms with van der Waals surface area (Å²) in [7, 11) is 0. The molecule has 0 aromatic heterocycles. The van der Waals surface area contributed by atoms with Gasteiger partial charge in [-0.05, 0) is 61.1 Å². The molecule has 0 radical (unpaired) electrons. The van der Waals surface area contributed by atoms with Gasteiger partial charge < -0.3 is 14.6 Å². The van der Waals surface area contributed by atoms with Crippen molar-refractivity contribution >= 4 is 6.29 Å². The molecule has 0 aliphatic carbocycles. The lowest BCUT2D eigenvalue weighted by atomic mass is 9.70. The number of aldehydes is 1. The summed E-state index contributed by atoms with van der Waals surface area (Å²) in [5.41, 5.74) is 4.48. The molecule has 0 amide bonds. The molecule has 27 heavy (non-hydrogen) atoms. The van der Waals surface area contributed by atoms with Gasteiger partial charge in [-0.1, -0.05) is 38.1 Å². The SMILES string of the molecule is CCC(CC)(c1ccc(OCC=O)c(C)c1)c1ccc(OCCO)c(C)c1. The van der Waals surface area contributed by atoms with Crippen LogP contribution in [0.25, 0.3) is 0 Å². The number of carbonyl (C=O) groups is 1. The first-order valence-electron chi connectivity index (χ1n) is 9.54. The van der Waals surface area contributed by atoms with E-state index >= 15 is 0 Å². The van der Waals surface area contributed by atoms with Gasteiger partial charge in [-0.3, -0.25) is 4.79 Å². The molecule has 2 rings (SSSR count). The van der Waals surface area contributed by atoms with Crippen molar-refractivity contribution in [2.24, 2.45) is 0 Å². The van der Waals surface area contributed by atoms with Crippen LogP contribution in [-0.4, -0.2) is 31.2 Å². The Labute approximate surface area is 162 Å². The fourth-order valence-electron chi connectivity index (χ4n) is 3.73. The van der Waals surface area contributed by atoms with Crippen LogP contribution in [0.3, 0.4) is 0 Å². The third-order valence-corrected chi connectivity index (χ3v) is 5.32. The topological polar surface area (TPSA) is 55.8 Å². The summed E-state index contributed by atoms with van der Waals surface area (Å²) < 4.78 is 11.1.